The predicted octanol–water partition coefficient (Wildman–Crippen LogP) is 5.27. The number of amides is 1. The summed E-state index contributed by atoms with van der Waals surface area (Å²) >= 11 is 3.20. The third-order valence-electron chi connectivity index (χ3n) is 4.44. The van der Waals surface area contributed by atoms with Crippen LogP contribution in [-0.4, -0.2) is 29.2 Å². The Bertz CT molecular complexity index is 1150. The fourth-order valence-corrected chi connectivity index (χ4v) is 4.46. The molecule has 2 aromatic heterocycles. The van der Waals surface area contributed by atoms with Gasteiger partial charge in [0.15, 0.2) is 5.13 Å². The number of thioether (sulfide) groups is 1. The summed E-state index contributed by atoms with van der Waals surface area (Å²) in [6, 6.07) is 17.2. The summed E-state index contributed by atoms with van der Waals surface area (Å²) in [7, 11) is 1.59. The van der Waals surface area contributed by atoms with Crippen LogP contribution in [-0.2, 0) is 6.54 Å². The molecule has 0 aliphatic carbocycles. The molecule has 0 saturated heterocycles. The number of anilines is 1. The Morgan fingerprint density at radius 1 is 1.17 bits per heavy atom. The number of nitrogens with zero attached hydrogens (tertiary/aromatic N) is 3. The molecule has 0 aliphatic heterocycles. The first-order valence-corrected chi connectivity index (χ1v) is 11.0. The quantitative estimate of drug-likeness (QED) is 0.397. The second-order valence-electron chi connectivity index (χ2n) is 6.31. The van der Waals surface area contributed by atoms with Crippen LogP contribution in [0, 0.1) is 0 Å². The molecule has 2 heterocycles. The number of methoxy groups -OCH3 is 1. The van der Waals surface area contributed by atoms with Crippen molar-refractivity contribution in [3.05, 3.63) is 78.1 Å². The minimum atomic E-state index is -0.128. The van der Waals surface area contributed by atoms with Gasteiger partial charge in [-0.15, -0.1) is 11.8 Å². The Morgan fingerprint density at radius 2 is 2.07 bits per heavy atom. The largest absolute Gasteiger partial charge is 0.497 e. The van der Waals surface area contributed by atoms with Gasteiger partial charge in [-0.2, -0.15) is 0 Å². The van der Waals surface area contributed by atoms with E-state index in [-0.39, 0.29) is 5.91 Å². The van der Waals surface area contributed by atoms with E-state index < -0.39 is 0 Å². The molecule has 4 rings (SSSR count). The van der Waals surface area contributed by atoms with E-state index in [1.54, 1.807) is 48.3 Å². The van der Waals surface area contributed by atoms with Crippen molar-refractivity contribution in [2.45, 2.75) is 11.4 Å². The average Bonchev–Trinajstić information content (AvgIpc) is 3.20. The van der Waals surface area contributed by atoms with E-state index in [9.17, 15) is 4.79 Å². The molecule has 0 atom stereocenters. The molecule has 0 saturated carbocycles. The van der Waals surface area contributed by atoms with E-state index in [0.29, 0.717) is 23.0 Å². The van der Waals surface area contributed by atoms with E-state index in [1.807, 2.05) is 42.7 Å². The number of fused-ring (bicyclic) bond motifs is 1. The maximum atomic E-state index is 13.4. The van der Waals surface area contributed by atoms with Gasteiger partial charge in [0.2, 0.25) is 0 Å². The predicted molar refractivity (Wildman–Crippen MR) is 119 cm³/mol. The molecule has 0 fully saturated rings. The molecule has 29 heavy (non-hydrogen) atoms. The molecule has 0 aliphatic rings. The zero-order chi connectivity index (χ0) is 20.2. The lowest BCUT2D eigenvalue weighted by molar-refractivity contribution is 0.0985. The van der Waals surface area contributed by atoms with Crippen LogP contribution in [0.2, 0.25) is 0 Å². The van der Waals surface area contributed by atoms with Gasteiger partial charge in [0, 0.05) is 22.9 Å². The van der Waals surface area contributed by atoms with E-state index in [0.717, 1.165) is 15.8 Å². The summed E-state index contributed by atoms with van der Waals surface area (Å²) in [5.41, 5.74) is 2.38. The van der Waals surface area contributed by atoms with Gasteiger partial charge < -0.3 is 4.74 Å². The Kier molecular flexibility index (Phi) is 5.78. The monoisotopic (exact) mass is 421 g/mol. The van der Waals surface area contributed by atoms with Gasteiger partial charge in [-0.05, 0) is 54.3 Å². The van der Waals surface area contributed by atoms with E-state index in [1.165, 1.54) is 16.2 Å². The van der Waals surface area contributed by atoms with Gasteiger partial charge in [-0.1, -0.05) is 23.5 Å². The highest BCUT2D eigenvalue weighted by Gasteiger charge is 2.22. The molecule has 0 bridgehead atoms. The van der Waals surface area contributed by atoms with E-state index in [2.05, 4.69) is 11.1 Å². The highest BCUT2D eigenvalue weighted by Crippen LogP contribution is 2.33. The highest BCUT2D eigenvalue weighted by atomic mass is 32.2. The lowest BCUT2D eigenvalue weighted by Crippen LogP contribution is -2.30. The van der Waals surface area contributed by atoms with Crippen LogP contribution in [0.3, 0.4) is 0 Å². The number of thiazole rings is 1. The summed E-state index contributed by atoms with van der Waals surface area (Å²) in [6.07, 6.45) is 5.54. The number of carbonyl (C=O) groups excluding carboxylic acids is 1. The maximum Gasteiger partial charge on any atom is 0.260 e. The normalized spacial score (nSPS) is 10.8. The Hall–Kier alpha value is -2.90. The minimum Gasteiger partial charge on any atom is -0.497 e. The highest BCUT2D eigenvalue weighted by molar-refractivity contribution is 7.98. The van der Waals surface area contributed by atoms with Gasteiger partial charge in [0.1, 0.15) is 5.75 Å². The van der Waals surface area contributed by atoms with Crippen LogP contribution < -0.4 is 9.64 Å². The smallest absolute Gasteiger partial charge is 0.260 e. The standard InChI is InChI=1S/C22H19N3O2S2/c1-27-17-7-3-6-16(11-17)21(26)25(14-15-5-4-10-23-13-15)22-24-19-9-8-18(28-2)12-20(19)29-22/h3-13H,14H2,1-2H3. The fraction of sp³-hybridized carbons (Fsp3) is 0.136. The zero-order valence-corrected chi connectivity index (χ0v) is 17.7. The number of aromatic nitrogens is 2. The second kappa shape index (κ2) is 8.63. The minimum absolute atomic E-state index is 0.128. The zero-order valence-electron chi connectivity index (χ0n) is 16.0. The van der Waals surface area contributed by atoms with E-state index >= 15 is 0 Å². The lowest BCUT2D eigenvalue weighted by atomic mass is 10.1. The summed E-state index contributed by atoms with van der Waals surface area (Å²) in [6.45, 7) is 0.388. The number of hydrogen-bond acceptors (Lipinski definition) is 6. The van der Waals surface area contributed by atoms with Crippen LogP contribution >= 0.6 is 23.1 Å². The molecule has 1 amide bonds. The van der Waals surface area contributed by atoms with Gasteiger partial charge in [-0.25, -0.2) is 4.98 Å². The lowest BCUT2D eigenvalue weighted by Gasteiger charge is -2.20. The van der Waals surface area contributed by atoms with Crippen molar-refractivity contribution in [2.75, 3.05) is 18.3 Å². The first-order valence-electron chi connectivity index (χ1n) is 8.97. The molecule has 0 unspecified atom stereocenters. The van der Waals surface area contributed by atoms with Crippen molar-refractivity contribution in [1.29, 1.82) is 0 Å². The summed E-state index contributed by atoms with van der Waals surface area (Å²) in [4.78, 5) is 25.2. The van der Waals surface area contributed by atoms with Crippen LogP contribution in [0.15, 0.2) is 71.9 Å². The van der Waals surface area contributed by atoms with E-state index in [4.69, 9.17) is 9.72 Å². The van der Waals surface area contributed by atoms with Crippen LogP contribution in [0.4, 0.5) is 5.13 Å². The molecule has 0 radical (unpaired) electrons. The molecule has 4 aromatic rings. The maximum absolute atomic E-state index is 13.4. The van der Waals surface area contributed by atoms with Crippen molar-refractivity contribution in [3.63, 3.8) is 0 Å². The molecule has 146 valence electrons. The Labute approximate surface area is 177 Å². The van der Waals surface area contributed by atoms with Crippen molar-refractivity contribution < 1.29 is 9.53 Å². The van der Waals surface area contributed by atoms with Gasteiger partial charge in [-0.3, -0.25) is 14.7 Å². The van der Waals surface area contributed by atoms with Crippen molar-refractivity contribution in [2.24, 2.45) is 0 Å². The molecule has 2 aromatic carbocycles. The van der Waals surface area contributed by atoms with Crippen molar-refractivity contribution in [1.82, 2.24) is 9.97 Å². The van der Waals surface area contributed by atoms with Gasteiger partial charge in [0.05, 0.1) is 23.9 Å². The summed E-state index contributed by atoms with van der Waals surface area (Å²) < 4.78 is 6.34. The molecule has 5 nitrogen and oxygen atoms in total. The fourth-order valence-electron chi connectivity index (χ4n) is 2.95. The number of benzene rings is 2. The number of carbonyl (C=O) groups is 1. The number of ether oxygens (including phenoxy) is 1. The third kappa shape index (κ3) is 4.26. The van der Waals surface area contributed by atoms with Crippen molar-refractivity contribution in [3.8, 4) is 5.75 Å². The number of rotatable bonds is 6. The topological polar surface area (TPSA) is 55.3 Å². The first kappa shape index (κ1) is 19.4. The van der Waals surface area contributed by atoms with Gasteiger partial charge >= 0.3 is 0 Å². The third-order valence-corrected chi connectivity index (χ3v) is 6.21. The molecular weight excluding hydrogens is 402 g/mol. The SMILES string of the molecule is COc1cccc(C(=O)N(Cc2cccnc2)c2nc3ccc(SC)cc3s2)c1. The Balaban J connectivity index is 1.76. The number of pyridine rings is 1. The molecular formula is C22H19N3O2S2. The second-order valence-corrected chi connectivity index (χ2v) is 8.20. The summed E-state index contributed by atoms with van der Waals surface area (Å²) in [5, 5.41) is 0.662. The molecule has 7 heteroatoms. The first-order chi connectivity index (χ1) is 14.2. The van der Waals surface area contributed by atoms with Crippen molar-refractivity contribution >= 4 is 44.4 Å². The summed E-state index contributed by atoms with van der Waals surface area (Å²) in [5.74, 6) is 0.517. The Morgan fingerprint density at radius 3 is 2.83 bits per heavy atom. The van der Waals surface area contributed by atoms with Crippen LogP contribution in [0.25, 0.3) is 10.2 Å². The average molecular weight is 422 g/mol. The molecule has 0 spiro atoms. The molecule has 0 N–H and O–H groups in total. The van der Waals surface area contributed by atoms with Gasteiger partial charge in [0.25, 0.3) is 5.91 Å². The van der Waals surface area contributed by atoms with Crippen LogP contribution in [0.1, 0.15) is 15.9 Å². The van der Waals surface area contributed by atoms with Crippen LogP contribution in [0.5, 0.6) is 5.75 Å². The number of hydrogen-bond donors (Lipinski definition) is 0.